The Hall–Kier alpha value is -2.87. The molecule has 0 fully saturated rings. The Morgan fingerprint density at radius 1 is 1.11 bits per heavy atom. The number of hydrogen-bond acceptors (Lipinski definition) is 8. The largest absolute Gasteiger partial charge is 0.510 e. The van der Waals surface area contributed by atoms with E-state index < -0.39 is 57.8 Å². The number of carbonyl (C=O) groups is 3. The Labute approximate surface area is 155 Å². The van der Waals surface area contributed by atoms with Crippen LogP contribution in [0.1, 0.15) is 48.7 Å². The smallest absolute Gasteiger partial charge is 0.234 e. The summed E-state index contributed by atoms with van der Waals surface area (Å²) in [4.78, 5) is 36.6. The Kier molecular flexibility index (Phi) is 3.89. The number of Topliss-reactive ketones (excluding diaryl/α,β-unsaturated/α-hetero) is 3. The number of aromatic hydroxyl groups is 2. The van der Waals surface area contributed by atoms with Crippen molar-refractivity contribution in [1.82, 2.24) is 0 Å². The van der Waals surface area contributed by atoms with Crippen molar-refractivity contribution in [2.75, 3.05) is 7.11 Å². The molecule has 1 heterocycles. The lowest BCUT2D eigenvalue weighted by Gasteiger charge is -2.43. The van der Waals surface area contributed by atoms with Gasteiger partial charge in [-0.3, -0.25) is 14.4 Å². The van der Waals surface area contributed by atoms with Crippen molar-refractivity contribution < 1.29 is 39.2 Å². The van der Waals surface area contributed by atoms with Crippen LogP contribution in [0.25, 0.3) is 0 Å². The molecule has 27 heavy (non-hydrogen) atoms. The second-order valence-corrected chi connectivity index (χ2v) is 7.02. The molecule has 1 aliphatic heterocycles. The Bertz CT molecular complexity index is 957. The average molecular weight is 376 g/mol. The predicted molar refractivity (Wildman–Crippen MR) is 92.2 cm³/mol. The van der Waals surface area contributed by atoms with Gasteiger partial charge in [-0.2, -0.15) is 0 Å². The molecule has 0 aromatic heterocycles. The molecule has 8 nitrogen and oxygen atoms in total. The summed E-state index contributed by atoms with van der Waals surface area (Å²) in [6, 6.07) is 0. The lowest BCUT2D eigenvalue weighted by Crippen LogP contribution is -2.57. The monoisotopic (exact) mass is 376 g/mol. The zero-order valence-electron chi connectivity index (χ0n) is 15.6. The van der Waals surface area contributed by atoms with Gasteiger partial charge in [-0.15, -0.1) is 0 Å². The van der Waals surface area contributed by atoms with Gasteiger partial charge in [0.1, 0.15) is 34.0 Å². The van der Waals surface area contributed by atoms with Crippen molar-refractivity contribution >= 4 is 17.3 Å². The number of hydrogen-bond donors (Lipinski definition) is 3. The van der Waals surface area contributed by atoms with Crippen LogP contribution in [0.15, 0.2) is 11.3 Å². The number of ketones is 3. The quantitative estimate of drug-likeness (QED) is 0.539. The lowest BCUT2D eigenvalue weighted by atomic mass is 9.66. The first-order valence-corrected chi connectivity index (χ1v) is 8.26. The molecule has 0 saturated carbocycles. The minimum atomic E-state index is -1.79. The van der Waals surface area contributed by atoms with E-state index in [0.717, 1.165) is 6.92 Å². The van der Waals surface area contributed by atoms with Gasteiger partial charge in [0.2, 0.25) is 5.79 Å². The molecule has 3 N–H and O–H groups in total. The molecule has 0 unspecified atom stereocenters. The Morgan fingerprint density at radius 3 is 2.19 bits per heavy atom. The van der Waals surface area contributed by atoms with Crippen molar-refractivity contribution in [3.63, 3.8) is 0 Å². The zero-order chi connectivity index (χ0) is 20.5. The highest BCUT2D eigenvalue weighted by molar-refractivity contribution is 6.21. The molecular weight excluding hydrogens is 356 g/mol. The summed E-state index contributed by atoms with van der Waals surface area (Å²) in [6.45, 7) is 5.20. The summed E-state index contributed by atoms with van der Waals surface area (Å²) in [7, 11) is 1.25. The summed E-state index contributed by atoms with van der Waals surface area (Å²) < 4.78 is 11.3. The highest BCUT2D eigenvalue weighted by Crippen LogP contribution is 2.62. The standard InChI is InChI=1S/C19H20O8/c1-7-14(23)12(9(3)21)16-13(15(7)24)18(4)17(25)11(8(2)20)10(22)6-19(18,26-5)27-16/h23-25H,6H2,1-5H3/t18-,19+/m0/s1. The van der Waals surface area contributed by atoms with Gasteiger partial charge in [-0.25, -0.2) is 0 Å². The van der Waals surface area contributed by atoms with Crippen LogP contribution in [0.2, 0.25) is 0 Å². The van der Waals surface area contributed by atoms with Crippen LogP contribution in [0, 0.1) is 6.92 Å². The van der Waals surface area contributed by atoms with E-state index in [1.165, 1.54) is 27.9 Å². The molecule has 0 radical (unpaired) electrons. The number of allylic oxidation sites excluding steroid dienone is 1. The van der Waals surface area contributed by atoms with Gasteiger partial charge in [-0.1, -0.05) is 0 Å². The van der Waals surface area contributed by atoms with Crippen molar-refractivity contribution in [2.24, 2.45) is 0 Å². The van der Waals surface area contributed by atoms with Gasteiger partial charge < -0.3 is 24.8 Å². The number of aliphatic hydroxyl groups is 1. The van der Waals surface area contributed by atoms with Gasteiger partial charge in [-0.05, 0) is 27.7 Å². The number of phenols is 2. The number of methoxy groups -OCH3 is 1. The third-order valence-corrected chi connectivity index (χ3v) is 5.58. The third kappa shape index (κ3) is 2.04. The topological polar surface area (TPSA) is 130 Å². The van der Waals surface area contributed by atoms with Gasteiger partial charge >= 0.3 is 0 Å². The SMILES string of the molecule is CO[C@@]12CC(=O)C(C(C)=O)=C(O)[C@]1(C)c1c(O)c(C)c(O)c(C(C)=O)c1O2. The lowest BCUT2D eigenvalue weighted by molar-refractivity contribution is -0.199. The Morgan fingerprint density at radius 2 is 1.70 bits per heavy atom. The number of benzene rings is 1. The van der Waals surface area contributed by atoms with Crippen LogP contribution in [-0.4, -0.2) is 45.6 Å². The highest BCUT2D eigenvalue weighted by Gasteiger charge is 2.67. The number of ether oxygens (including phenoxy) is 2. The van der Waals surface area contributed by atoms with E-state index in [1.807, 2.05) is 0 Å². The molecule has 3 rings (SSSR count). The van der Waals surface area contributed by atoms with Gasteiger partial charge in [0.25, 0.3) is 0 Å². The molecule has 0 amide bonds. The molecule has 8 heteroatoms. The van der Waals surface area contributed by atoms with Crippen LogP contribution in [0.4, 0.5) is 0 Å². The summed E-state index contributed by atoms with van der Waals surface area (Å²) in [5.74, 6) is -5.33. The first-order valence-electron chi connectivity index (χ1n) is 8.26. The summed E-state index contributed by atoms with van der Waals surface area (Å²) in [5, 5.41) is 32.0. The first kappa shape index (κ1) is 18.9. The number of aliphatic hydroxyl groups excluding tert-OH is 1. The summed E-state index contributed by atoms with van der Waals surface area (Å²) >= 11 is 0. The molecule has 2 atom stereocenters. The molecule has 144 valence electrons. The Balaban J connectivity index is 2.52. The molecule has 0 bridgehead atoms. The minimum absolute atomic E-state index is 0.00440. The van der Waals surface area contributed by atoms with E-state index in [4.69, 9.17) is 9.47 Å². The second kappa shape index (κ2) is 5.56. The van der Waals surface area contributed by atoms with Gasteiger partial charge in [0, 0.05) is 12.7 Å². The molecule has 1 aromatic carbocycles. The first-order chi connectivity index (χ1) is 12.4. The molecule has 0 saturated heterocycles. The van der Waals surface area contributed by atoms with E-state index in [0.29, 0.717) is 0 Å². The number of fused-ring (bicyclic) bond motifs is 3. The maximum absolute atomic E-state index is 12.5. The van der Waals surface area contributed by atoms with Crippen LogP contribution in [0.5, 0.6) is 17.2 Å². The number of phenolic OH excluding ortho intramolecular Hbond substituents is 2. The zero-order valence-corrected chi connectivity index (χ0v) is 15.6. The van der Waals surface area contributed by atoms with Crippen LogP contribution in [0.3, 0.4) is 0 Å². The van der Waals surface area contributed by atoms with Gasteiger partial charge in [0.15, 0.2) is 17.3 Å². The van der Waals surface area contributed by atoms with Crippen molar-refractivity contribution in [2.45, 2.75) is 45.3 Å². The summed E-state index contributed by atoms with van der Waals surface area (Å²) in [6.07, 6.45) is -0.426. The fourth-order valence-corrected chi connectivity index (χ4v) is 4.05. The van der Waals surface area contributed by atoms with E-state index in [1.54, 1.807) is 0 Å². The van der Waals surface area contributed by atoms with E-state index in [-0.39, 0.29) is 22.4 Å². The van der Waals surface area contributed by atoms with Crippen LogP contribution in [-0.2, 0) is 19.7 Å². The van der Waals surface area contributed by atoms with E-state index in [9.17, 15) is 29.7 Å². The van der Waals surface area contributed by atoms with Gasteiger partial charge in [0.05, 0.1) is 17.6 Å². The van der Waals surface area contributed by atoms with E-state index in [2.05, 4.69) is 0 Å². The molecular formula is C19H20O8. The fraction of sp³-hybridized carbons (Fsp3) is 0.421. The summed E-state index contributed by atoms with van der Waals surface area (Å²) in [5.41, 5.74) is -2.27. The molecule has 1 aromatic rings. The van der Waals surface area contributed by atoms with Crippen molar-refractivity contribution in [3.8, 4) is 17.2 Å². The molecule has 0 spiro atoms. The third-order valence-electron chi connectivity index (χ3n) is 5.58. The number of rotatable bonds is 3. The maximum Gasteiger partial charge on any atom is 0.234 e. The predicted octanol–water partition coefficient (Wildman–Crippen LogP) is 1.98. The number of carbonyl (C=O) groups excluding carboxylic acids is 3. The highest BCUT2D eigenvalue weighted by atomic mass is 16.7. The van der Waals surface area contributed by atoms with Crippen molar-refractivity contribution in [1.29, 1.82) is 0 Å². The molecule has 2 aliphatic rings. The normalized spacial score (nSPS) is 26.5. The van der Waals surface area contributed by atoms with E-state index >= 15 is 0 Å². The maximum atomic E-state index is 12.5. The minimum Gasteiger partial charge on any atom is -0.510 e. The van der Waals surface area contributed by atoms with Crippen LogP contribution < -0.4 is 4.74 Å². The average Bonchev–Trinajstić information content (AvgIpc) is 2.82. The molecule has 1 aliphatic carbocycles. The second-order valence-electron chi connectivity index (χ2n) is 7.02. The van der Waals surface area contributed by atoms with Crippen molar-refractivity contribution in [3.05, 3.63) is 28.0 Å². The van der Waals surface area contributed by atoms with Crippen LogP contribution >= 0.6 is 0 Å². The fourth-order valence-electron chi connectivity index (χ4n) is 4.05.